The number of hydrogen-bond donors (Lipinski definition) is 1. The van der Waals surface area contributed by atoms with Crippen molar-refractivity contribution < 1.29 is 28.9 Å². The Morgan fingerprint density at radius 2 is 1.69 bits per heavy atom. The first kappa shape index (κ1) is 42.1. The number of aromatic nitrogens is 7. The van der Waals surface area contributed by atoms with Gasteiger partial charge in [0.05, 0.1) is 61.2 Å². The van der Waals surface area contributed by atoms with Crippen molar-refractivity contribution in [1.82, 2.24) is 33.3 Å². The Morgan fingerprint density at radius 3 is 2.42 bits per heavy atom. The summed E-state index contributed by atoms with van der Waals surface area (Å²) in [6, 6.07) is 14.6. The number of imide groups is 1. The zero-order valence-corrected chi connectivity index (χ0v) is 38.0. The van der Waals surface area contributed by atoms with E-state index in [9.17, 15) is 19.5 Å². The molecule has 10 rings (SSSR count). The summed E-state index contributed by atoms with van der Waals surface area (Å²) >= 11 is 7.87. The Hall–Kier alpha value is -6.92. The zero-order chi connectivity index (χ0) is 46.0. The van der Waals surface area contributed by atoms with Gasteiger partial charge in [-0.05, 0) is 61.1 Å². The van der Waals surface area contributed by atoms with Crippen molar-refractivity contribution >= 4 is 61.7 Å². The van der Waals surface area contributed by atoms with Gasteiger partial charge in [-0.25, -0.2) is 33.4 Å². The third-order valence-corrected chi connectivity index (χ3v) is 15.1. The summed E-state index contributed by atoms with van der Waals surface area (Å²) in [5, 5.41) is 18.0. The van der Waals surface area contributed by atoms with Crippen molar-refractivity contribution in [2.75, 3.05) is 26.2 Å². The predicted octanol–water partition coefficient (Wildman–Crippen LogP) is 5.47. The van der Waals surface area contributed by atoms with Gasteiger partial charge in [0.2, 0.25) is 11.8 Å². The van der Waals surface area contributed by atoms with Crippen LogP contribution in [0.1, 0.15) is 42.1 Å². The molecule has 3 aromatic carbocycles. The van der Waals surface area contributed by atoms with E-state index in [0.29, 0.717) is 50.1 Å². The maximum absolute atomic E-state index is 15.2. The van der Waals surface area contributed by atoms with Gasteiger partial charge in [-0.15, -0.1) is 11.3 Å². The van der Waals surface area contributed by atoms with Crippen molar-refractivity contribution in [3.8, 4) is 33.6 Å². The van der Waals surface area contributed by atoms with Crippen LogP contribution >= 0.6 is 22.9 Å². The number of fused-ring (bicyclic) bond motifs is 6. The lowest BCUT2D eigenvalue weighted by molar-refractivity contribution is -0.129. The molecule has 1 aliphatic carbocycles. The van der Waals surface area contributed by atoms with Gasteiger partial charge >= 0.3 is 11.4 Å². The van der Waals surface area contributed by atoms with Crippen molar-refractivity contribution in [3.05, 3.63) is 119 Å². The summed E-state index contributed by atoms with van der Waals surface area (Å²) in [7, 11) is 7.74. The Labute approximate surface area is 378 Å². The van der Waals surface area contributed by atoms with Crippen LogP contribution in [0.4, 0.5) is 5.82 Å². The second-order valence-corrected chi connectivity index (χ2v) is 18.3. The monoisotopic (exact) mass is 918 g/mol. The number of methoxy groups -OCH3 is 3. The summed E-state index contributed by atoms with van der Waals surface area (Å²) < 4.78 is 24.0. The van der Waals surface area contributed by atoms with Gasteiger partial charge in [-0.1, -0.05) is 23.7 Å². The molecule has 0 radical (unpaired) electrons. The van der Waals surface area contributed by atoms with E-state index in [1.165, 1.54) is 62.2 Å². The minimum Gasteiger partial charge on any atom is -0.508 e. The van der Waals surface area contributed by atoms with Crippen LogP contribution in [0.25, 0.3) is 31.7 Å². The Kier molecular flexibility index (Phi) is 9.76. The van der Waals surface area contributed by atoms with E-state index in [0.717, 1.165) is 25.1 Å². The van der Waals surface area contributed by atoms with E-state index in [4.69, 9.17) is 30.9 Å². The van der Waals surface area contributed by atoms with Gasteiger partial charge < -0.3 is 23.9 Å². The fourth-order valence-electron chi connectivity index (χ4n) is 10.3. The summed E-state index contributed by atoms with van der Waals surface area (Å²) in [6.45, 7) is 3.51. The maximum atomic E-state index is 15.2. The molecule has 17 nitrogen and oxygen atoms in total. The molecule has 2 fully saturated rings. The zero-order valence-electron chi connectivity index (χ0n) is 36.4. The number of amides is 2. The summed E-state index contributed by atoms with van der Waals surface area (Å²) in [4.78, 5) is 79.3. The van der Waals surface area contributed by atoms with Crippen molar-refractivity contribution in [2.24, 2.45) is 25.4 Å². The molecule has 334 valence electrons. The molecule has 4 unspecified atom stereocenters. The molecule has 0 spiro atoms. The molecule has 1 N–H and O–H groups in total. The van der Waals surface area contributed by atoms with Gasteiger partial charge in [-0.2, -0.15) is 5.10 Å². The minimum absolute atomic E-state index is 0.000851. The number of anilines is 1. The van der Waals surface area contributed by atoms with Gasteiger partial charge in [0.15, 0.2) is 11.5 Å². The second-order valence-electron chi connectivity index (χ2n) is 16.8. The number of phenolic OH excluding ortho intramolecular Hbond substituents is 1. The van der Waals surface area contributed by atoms with Gasteiger partial charge in [0.25, 0.3) is 5.56 Å². The number of hydrogen-bond acceptors (Lipinski definition) is 12. The van der Waals surface area contributed by atoms with E-state index in [1.807, 2.05) is 31.2 Å². The van der Waals surface area contributed by atoms with E-state index in [2.05, 4.69) is 4.98 Å². The fraction of sp³-hybridized carbons (Fsp3) is 0.326. The van der Waals surface area contributed by atoms with Crippen LogP contribution in [-0.4, -0.2) is 71.5 Å². The number of rotatable bonds is 9. The van der Waals surface area contributed by atoms with Crippen molar-refractivity contribution in [2.45, 2.75) is 51.7 Å². The highest BCUT2D eigenvalue weighted by Gasteiger charge is 2.66. The minimum atomic E-state index is -1.46. The lowest BCUT2D eigenvalue weighted by Crippen LogP contribution is -2.49. The third-order valence-electron chi connectivity index (χ3n) is 13.6. The molecule has 4 atom stereocenters. The molecular weight excluding hydrogens is 876 g/mol. The summed E-state index contributed by atoms with van der Waals surface area (Å²) in [5.41, 5.74) is 0.480. The number of thiophene rings is 1. The average Bonchev–Trinajstić information content (AvgIpc) is 3.96. The molecule has 1 saturated carbocycles. The molecular formula is C46H43ClN8O9S. The first-order valence-electron chi connectivity index (χ1n) is 20.8. The quantitative estimate of drug-likeness (QED) is 0.143. The molecule has 7 aromatic rings. The third kappa shape index (κ3) is 6.06. The Balaban J connectivity index is 1.05. The number of carbonyl (C=O) groups excluding carboxylic acids is 2. The second kappa shape index (κ2) is 15.1. The SMILES string of the molecule is COc1ccc(C2C3=CCn4c(=O)n(CCc5nc6cc(OC)c(OC)cc6n(C)c5=O)c(=O)n4C3CC3C(=O)N(c4cc(-c5sc6ccc(Cl)cc6c5C)nn4C)C(=O)C32C)c(O)c1. The molecule has 2 amide bonds. The van der Waals surface area contributed by atoms with E-state index >= 15 is 9.59 Å². The average molecular weight is 919 g/mol. The van der Waals surface area contributed by atoms with E-state index in [-0.39, 0.29) is 43.2 Å². The van der Waals surface area contributed by atoms with E-state index < -0.39 is 52.0 Å². The highest BCUT2D eigenvalue weighted by Crippen LogP contribution is 2.62. The Morgan fingerprint density at radius 1 is 0.938 bits per heavy atom. The predicted molar refractivity (Wildman–Crippen MR) is 244 cm³/mol. The molecule has 6 heterocycles. The molecule has 0 bridgehead atoms. The number of carbonyl (C=O) groups is 2. The molecule has 4 aromatic heterocycles. The number of ether oxygens (including phenoxy) is 3. The van der Waals surface area contributed by atoms with Gasteiger partial charge in [0, 0.05) is 72.5 Å². The van der Waals surface area contributed by atoms with Crippen molar-refractivity contribution in [3.63, 3.8) is 0 Å². The number of allylic oxidation sites excluding steroid dienone is 2. The normalized spacial score (nSPS) is 20.3. The first-order valence-corrected chi connectivity index (χ1v) is 22.0. The van der Waals surface area contributed by atoms with Gasteiger partial charge in [-0.3, -0.25) is 19.1 Å². The largest absolute Gasteiger partial charge is 0.508 e. The smallest absolute Gasteiger partial charge is 0.347 e. The van der Waals surface area contributed by atoms with Crippen LogP contribution in [-0.2, 0) is 43.2 Å². The topological polar surface area (TPSA) is 187 Å². The highest BCUT2D eigenvalue weighted by atomic mass is 35.5. The van der Waals surface area contributed by atoms with E-state index in [1.54, 1.807) is 51.4 Å². The summed E-state index contributed by atoms with van der Waals surface area (Å²) in [5.74, 6) is -1.58. The number of aryl methyl sites for hydroxylation is 4. The first-order chi connectivity index (χ1) is 31.1. The number of phenols is 1. The van der Waals surface area contributed by atoms with Crippen molar-refractivity contribution in [1.29, 1.82) is 0 Å². The number of benzene rings is 3. The number of nitrogens with zero attached hydrogens (tertiary/aromatic N) is 8. The molecule has 1 saturated heterocycles. The van der Waals surface area contributed by atoms with Crippen LogP contribution in [0.2, 0.25) is 5.02 Å². The standard InChI is InChI=1S/C46H43ClN8O9S/c1-22-27-16-23(47)8-11-37(27)65-40(22)31-20-38(51(4)49-31)54-41(57)28-18-32-25(39(46(28,2)43(54)59)26-10-9-24(62-5)17-34(26)56)12-15-53-44(60)52(45(61)55(32)53)14-13-29-42(58)50(3)33-21-36(64-7)35(63-6)19-30(33)48-29/h8-12,16-17,19-21,28,32,39,56H,13-15,18H2,1-7H3. The maximum Gasteiger partial charge on any atom is 0.347 e. The van der Waals surface area contributed by atoms with Crippen LogP contribution < -0.4 is 36.0 Å². The van der Waals surface area contributed by atoms with Crippen LogP contribution in [0.5, 0.6) is 23.0 Å². The summed E-state index contributed by atoms with van der Waals surface area (Å²) in [6.07, 6.45) is 1.76. The fourth-order valence-corrected chi connectivity index (χ4v) is 11.6. The van der Waals surface area contributed by atoms with Crippen LogP contribution in [0.15, 0.2) is 80.6 Å². The number of aromatic hydroxyl groups is 1. The molecule has 19 heteroatoms. The van der Waals surface area contributed by atoms with Gasteiger partial charge in [0.1, 0.15) is 28.7 Å². The molecule has 3 aliphatic rings. The Bertz CT molecular complexity index is 3430. The molecule has 65 heavy (non-hydrogen) atoms. The number of halogens is 1. The van der Waals surface area contributed by atoms with Crippen LogP contribution in [0, 0.1) is 18.3 Å². The molecule has 2 aliphatic heterocycles. The lowest BCUT2D eigenvalue weighted by Gasteiger charge is -2.47. The highest BCUT2D eigenvalue weighted by molar-refractivity contribution is 7.22. The lowest BCUT2D eigenvalue weighted by atomic mass is 9.56. The van der Waals surface area contributed by atoms with Crippen LogP contribution in [0.3, 0.4) is 0 Å².